The largest absolute Gasteiger partial charge is 0.310 e. The molecule has 5 heteroatoms. The summed E-state index contributed by atoms with van der Waals surface area (Å²) in [5.74, 6) is 2.15. The first-order valence-electron chi connectivity index (χ1n) is 17.7. The smallest absolute Gasteiger partial charge is 0.238 e. The molecule has 10 rings (SSSR count). The van der Waals surface area contributed by atoms with Crippen molar-refractivity contribution in [1.82, 2.24) is 19.5 Å². The molecule has 0 N–H and O–H groups in total. The summed E-state index contributed by atoms with van der Waals surface area (Å²) in [5.41, 5.74) is 8.93. The van der Waals surface area contributed by atoms with Gasteiger partial charge in [0.25, 0.3) is 0 Å². The van der Waals surface area contributed by atoms with Crippen LogP contribution in [0.5, 0.6) is 0 Å². The van der Waals surface area contributed by atoms with E-state index in [0.29, 0.717) is 11.8 Å². The molecular weight excluding hydrogens is 623 g/mol. The van der Waals surface area contributed by atoms with Crippen LogP contribution in [0.25, 0.3) is 49.9 Å². The van der Waals surface area contributed by atoms with Gasteiger partial charge in [-0.05, 0) is 64.7 Å². The zero-order valence-electron chi connectivity index (χ0n) is 28.5. The molecule has 5 nitrogen and oxygen atoms in total. The molecule has 2 aliphatic rings. The highest BCUT2D eigenvalue weighted by molar-refractivity contribution is 6.22. The Labute approximate surface area is 296 Å². The van der Waals surface area contributed by atoms with Gasteiger partial charge in [0.1, 0.15) is 5.82 Å². The third-order valence-electron chi connectivity index (χ3n) is 10.7. The minimum absolute atomic E-state index is 0.0655. The number of aromatic nitrogens is 4. The third kappa shape index (κ3) is 4.58. The van der Waals surface area contributed by atoms with Crippen LogP contribution in [0.15, 0.2) is 158 Å². The topological polar surface area (TPSA) is 46.8 Å². The van der Waals surface area contributed by atoms with Crippen LogP contribution in [0.3, 0.4) is 0 Å². The molecule has 8 aromatic rings. The molecule has 0 fully saturated rings. The predicted molar refractivity (Wildman–Crippen MR) is 210 cm³/mol. The van der Waals surface area contributed by atoms with Gasteiger partial charge in [-0.25, -0.2) is 4.98 Å². The highest BCUT2D eigenvalue weighted by atomic mass is 15.2. The molecule has 0 saturated carbocycles. The van der Waals surface area contributed by atoms with Gasteiger partial charge in [0.2, 0.25) is 5.95 Å². The Morgan fingerprint density at radius 1 is 0.627 bits per heavy atom. The fraction of sp³-hybridized carbons (Fsp3) is 0.109. The number of hydrogen-bond donors (Lipinski definition) is 0. The average molecular weight is 658 g/mol. The van der Waals surface area contributed by atoms with Gasteiger partial charge < -0.3 is 4.90 Å². The van der Waals surface area contributed by atoms with E-state index in [0.717, 1.165) is 34.5 Å². The molecule has 0 spiro atoms. The van der Waals surface area contributed by atoms with Crippen molar-refractivity contribution in [2.24, 2.45) is 0 Å². The van der Waals surface area contributed by atoms with Crippen LogP contribution in [0.4, 0.5) is 17.1 Å². The Hall–Kier alpha value is -6.33. The summed E-state index contributed by atoms with van der Waals surface area (Å²) in [6, 6.07) is 47.8. The number of benzene rings is 6. The van der Waals surface area contributed by atoms with E-state index in [1.807, 2.05) is 18.2 Å². The van der Waals surface area contributed by atoms with Crippen LogP contribution in [0.2, 0.25) is 0 Å². The molecule has 1 atom stereocenters. The van der Waals surface area contributed by atoms with Crippen molar-refractivity contribution in [3.63, 3.8) is 0 Å². The fourth-order valence-electron chi connectivity index (χ4n) is 8.18. The van der Waals surface area contributed by atoms with E-state index in [9.17, 15) is 0 Å². The number of nitrogens with zero attached hydrogens (tertiary/aromatic N) is 5. The summed E-state index contributed by atoms with van der Waals surface area (Å²) in [5, 5.41) is 4.77. The number of fused-ring (bicyclic) bond motifs is 7. The van der Waals surface area contributed by atoms with Crippen molar-refractivity contribution in [3.05, 3.63) is 175 Å². The van der Waals surface area contributed by atoms with Gasteiger partial charge in [0.15, 0.2) is 5.82 Å². The van der Waals surface area contributed by atoms with Crippen LogP contribution >= 0.6 is 0 Å². The van der Waals surface area contributed by atoms with E-state index in [1.165, 1.54) is 44.0 Å². The molecule has 6 aromatic carbocycles. The van der Waals surface area contributed by atoms with E-state index >= 15 is 0 Å². The Morgan fingerprint density at radius 2 is 1.39 bits per heavy atom. The van der Waals surface area contributed by atoms with Gasteiger partial charge >= 0.3 is 0 Å². The zero-order valence-corrected chi connectivity index (χ0v) is 28.5. The summed E-state index contributed by atoms with van der Waals surface area (Å²) in [4.78, 5) is 18.1. The van der Waals surface area contributed by atoms with Gasteiger partial charge in [0.05, 0.1) is 22.4 Å². The Bertz CT molecular complexity index is 2700. The first-order chi connectivity index (χ1) is 25.1. The van der Waals surface area contributed by atoms with E-state index < -0.39 is 0 Å². The first-order valence-corrected chi connectivity index (χ1v) is 17.7. The van der Waals surface area contributed by atoms with Crippen molar-refractivity contribution < 1.29 is 0 Å². The summed E-state index contributed by atoms with van der Waals surface area (Å²) in [7, 11) is 0. The molecule has 0 radical (unpaired) electrons. The van der Waals surface area contributed by atoms with Gasteiger partial charge in [0, 0.05) is 33.4 Å². The summed E-state index contributed by atoms with van der Waals surface area (Å²) in [6.45, 7) is 4.69. The van der Waals surface area contributed by atoms with E-state index in [-0.39, 0.29) is 11.3 Å². The molecule has 1 unspecified atom stereocenters. The number of para-hydroxylation sites is 2. The molecule has 1 aliphatic carbocycles. The monoisotopic (exact) mass is 657 g/mol. The number of anilines is 3. The average Bonchev–Trinajstić information content (AvgIpc) is 3.52. The lowest BCUT2D eigenvalue weighted by molar-refractivity contribution is 0.632. The molecule has 0 saturated heterocycles. The van der Waals surface area contributed by atoms with Crippen molar-refractivity contribution in [3.8, 4) is 17.3 Å². The minimum Gasteiger partial charge on any atom is -0.310 e. The Kier molecular flexibility index (Phi) is 6.59. The quantitative estimate of drug-likeness (QED) is 0.189. The van der Waals surface area contributed by atoms with Crippen molar-refractivity contribution in [2.75, 3.05) is 4.90 Å². The van der Waals surface area contributed by atoms with Crippen LogP contribution in [0, 0.1) is 0 Å². The second-order valence-electron chi connectivity index (χ2n) is 14.1. The van der Waals surface area contributed by atoms with Crippen LogP contribution in [0.1, 0.15) is 43.1 Å². The summed E-state index contributed by atoms with van der Waals surface area (Å²) in [6.07, 6.45) is 9.42. The van der Waals surface area contributed by atoms with E-state index in [1.54, 1.807) is 0 Å². The standard InChI is InChI=1S/C46H35N5/c1-46(2)36-24-14-15-25-38(36)50(33-21-10-5-11-22-33)41-28-35-40(29-37(41)46)51(39-27-26-30-16-12-13-23-34(30)42(35)39)45-48-43(31-17-6-3-7-18-31)47-44(49-45)32-19-8-4-9-20-32/h3-19,21-29,32H,20H2,1-2H3. The molecule has 3 heterocycles. The number of rotatable bonds is 4. The van der Waals surface area contributed by atoms with E-state index in [2.05, 4.69) is 163 Å². The van der Waals surface area contributed by atoms with Gasteiger partial charge in [-0.2, -0.15) is 9.97 Å². The highest BCUT2D eigenvalue weighted by Crippen LogP contribution is 2.54. The minimum atomic E-state index is -0.270. The maximum absolute atomic E-state index is 5.30. The van der Waals surface area contributed by atoms with E-state index in [4.69, 9.17) is 15.0 Å². The molecule has 1 aliphatic heterocycles. The zero-order chi connectivity index (χ0) is 34.1. The first kappa shape index (κ1) is 29.6. The highest BCUT2D eigenvalue weighted by Gasteiger charge is 2.38. The van der Waals surface area contributed by atoms with Crippen LogP contribution in [-0.2, 0) is 5.41 Å². The van der Waals surface area contributed by atoms with Crippen molar-refractivity contribution in [1.29, 1.82) is 0 Å². The number of hydrogen-bond acceptors (Lipinski definition) is 4. The molecular formula is C46H35N5. The SMILES string of the molecule is CC1(C)c2ccccc2N(c2ccccc2)c2cc3c4c5ccccc5ccc4n(-c4nc(-c5ccccc5)nc(C5C=CC=CC5)n4)c3cc21. The summed E-state index contributed by atoms with van der Waals surface area (Å²) >= 11 is 0. The normalized spacial score (nSPS) is 16.1. The maximum atomic E-state index is 5.30. The summed E-state index contributed by atoms with van der Waals surface area (Å²) < 4.78 is 2.28. The second kappa shape index (κ2) is 11.4. The Morgan fingerprint density at radius 3 is 2.22 bits per heavy atom. The maximum Gasteiger partial charge on any atom is 0.238 e. The third-order valence-corrected chi connectivity index (χ3v) is 10.7. The fourth-order valence-corrected chi connectivity index (χ4v) is 8.18. The lowest BCUT2D eigenvalue weighted by Gasteiger charge is -2.42. The van der Waals surface area contributed by atoms with Gasteiger partial charge in [-0.1, -0.05) is 135 Å². The van der Waals surface area contributed by atoms with Gasteiger partial charge in [-0.15, -0.1) is 0 Å². The van der Waals surface area contributed by atoms with Crippen LogP contribution < -0.4 is 4.90 Å². The lowest BCUT2D eigenvalue weighted by Crippen LogP contribution is -2.30. The molecule has 0 amide bonds. The number of allylic oxidation sites excluding steroid dienone is 4. The molecule has 2 aromatic heterocycles. The Balaban J connectivity index is 1.33. The predicted octanol–water partition coefficient (Wildman–Crippen LogP) is 11.5. The lowest BCUT2D eigenvalue weighted by atomic mass is 9.73. The molecule has 244 valence electrons. The molecule has 0 bridgehead atoms. The van der Waals surface area contributed by atoms with Gasteiger partial charge in [-0.3, -0.25) is 4.57 Å². The van der Waals surface area contributed by atoms with Crippen molar-refractivity contribution >= 4 is 49.6 Å². The molecule has 51 heavy (non-hydrogen) atoms. The van der Waals surface area contributed by atoms with Crippen LogP contribution in [-0.4, -0.2) is 19.5 Å². The second-order valence-corrected chi connectivity index (χ2v) is 14.1. The van der Waals surface area contributed by atoms with Crippen molar-refractivity contribution in [2.45, 2.75) is 31.6 Å².